The highest BCUT2D eigenvalue weighted by Crippen LogP contribution is 2.30. The zero-order chi connectivity index (χ0) is 14.1. The van der Waals surface area contributed by atoms with Gasteiger partial charge in [0.15, 0.2) is 0 Å². The molecule has 104 valence electrons. The fraction of sp³-hybridized carbons (Fsp3) is 0.250. The van der Waals surface area contributed by atoms with Gasteiger partial charge in [0.25, 0.3) is 0 Å². The lowest BCUT2D eigenvalue weighted by molar-refractivity contribution is 0.214. The van der Waals surface area contributed by atoms with Crippen molar-refractivity contribution in [3.63, 3.8) is 0 Å². The van der Waals surface area contributed by atoms with Gasteiger partial charge >= 0.3 is 0 Å². The molecule has 1 aliphatic rings. The van der Waals surface area contributed by atoms with E-state index in [9.17, 15) is 9.50 Å². The largest absolute Gasteiger partial charge is 0.490 e. The van der Waals surface area contributed by atoms with Gasteiger partial charge in [-0.2, -0.15) is 0 Å². The van der Waals surface area contributed by atoms with Gasteiger partial charge in [0.1, 0.15) is 17.7 Å². The second-order valence-electron chi connectivity index (χ2n) is 4.93. The summed E-state index contributed by atoms with van der Waals surface area (Å²) in [6, 6.07) is 11.7. The van der Waals surface area contributed by atoms with Gasteiger partial charge in [-0.05, 0) is 36.6 Å². The predicted octanol–water partition coefficient (Wildman–Crippen LogP) is 4.10. The van der Waals surface area contributed by atoms with E-state index in [1.54, 1.807) is 30.3 Å². The van der Waals surface area contributed by atoms with E-state index in [1.807, 2.05) is 0 Å². The van der Waals surface area contributed by atoms with Crippen molar-refractivity contribution in [3.8, 4) is 5.75 Å². The molecule has 3 rings (SSSR count). The molecule has 1 N–H and O–H groups in total. The van der Waals surface area contributed by atoms with Crippen molar-refractivity contribution in [2.45, 2.75) is 25.0 Å². The summed E-state index contributed by atoms with van der Waals surface area (Å²) in [4.78, 5) is 0. The van der Waals surface area contributed by atoms with Crippen LogP contribution < -0.4 is 4.74 Å². The zero-order valence-corrected chi connectivity index (χ0v) is 11.5. The highest BCUT2D eigenvalue weighted by Gasteiger charge is 2.23. The second-order valence-corrected chi connectivity index (χ2v) is 5.34. The van der Waals surface area contributed by atoms with Crippen molar-refractivity contribution < 1.29 is 14.2 Å². The minimum Gasteiger partial charge on any atom is -0.490 e. The highest BCUT2D eigenvalue weighted by molar-refractivity contribution is 6.30. The molecule has 0 saturated heterocycles. The van der Waals surface area contributed by atoms with Crippen LogP contribution in [0.25, 0.3) is 0 Å². The minimum absolute atomic E-state index is 0.00948. The lowest BCUT2D eigenvalue weighted by atomic mass is 10.0. The van der Waals surface area contributed by atoms with Crippen molar-refractivity contribution in [2.75, 3.05) is 0 Å². The van der Waals surface area contributed by atoms with Crippen molar-refractivity contribution in [3.05, 3.63) is 64.4 Å². The first-order valence-corrected chi connectivity index (χ1v) is 6.91. The maximum Gasteiger partial charge on any atom is 0.147 e. The van der Waals surface area contributed by atoms with Crippen LogP contribution in [0.3, 0.4) is 0 Å². The van der Waals surface area contributed by atoms with Gasteiger partial charge in [-0.1, -0.05) is 35.9 Å². The molecule has 1 fully saturated rings. The summed E-state index contributed by atoms with van der Waals surface area (Å²) in [5.74, 6) is 0.190. The van der Waals surface area contributed by atoms with Gasteiger partial charge in [0, 0.05) is 5.56 Å². The Balaban J connectivity index is 1.82. The smallest absolute Gasteiger partial charge is 0.147 e. The average Bonchev–Trinajstić information content (AvgIpc) is 3.26. The number of hydrogen-bond acceptors (Lipinski definition) is 2. The third kappa shape index (κ3) is 2.79. The van der Waals surface area contributed by atoms with Gasteiger partial charge < -0.3 is 9.84 Å². The summed E-state index contributed by atoms with van der Waals surface area (Å²) in [5.41, 5.74) is 0.780. The van der Waals surface area contributed by atoms with Crippen LogP contribution in [0.2, 0.25) is 5.02 Å². The van der Waals surface area contributed by atoms with Crippen molar-refractivity contribution in [1.82, 2.24) is 0 Å². The molecule has 0 amide bonds. The van der Waals surface area contributed by atoms with E-state index >= 15 is 0 Å². The number of ether oxygens (including phenoxy) is 1. The van der Waals surface area contributed by atoms with Gasteiger partial charge in [0.2, 0.25) is 0 Å². The number of hydrogen-bond donors (Lipinski definition) is 1. The molecule has 4 heteroatoms. The van der Waals surface area contributed by atoms with Crippen molar-refractivity contribution >= 4 is 11.6 Å². The summed E-state index contributed by atoms with van der Waals surface area (Å²) in [6.45, 7) is 0. The third-order valence-corrected chi connectivity index (χ3v) is 3.59. The standard InChI is InChI=1S/C16H14ClFO2/c17-14-3-1-2-13(15(14)18)16(19)10-4-6-11(7-5-10)20-12-8-9-12/h1-7,12,16,19H,8-9H2. The van der Waals surface area contributed by atoms with E-state index in [4.69, 9.17) is 16.3 Å². The fourth-order valence-electron chi connectivity index (χ4n) is 2.02. The van der Waals surface area contributed by atoms with E-state index in [2.05, 4.69) is 0 Å². The molecule has 1 atom stereocenters. The summed E-state index contributed by atoms with van der Waals surface area (Å²) in [6.07, 6.45) is 1.48. The average molecular weight is 293 g/mol. The first-order chi connectivity index (χ1) is 9.65. The van der Waals surface area contributed by atoms with Crippen LogP contribution in [-0.2, 0) is 0 Å². The molecule has 1 unspecified atom stereocenters. The van der Waals surface area contributed by atoms with Crippen molar-refractivity contribution in [1.29, 1.82) is 0 Å². The molecule has 2 aromatic rings. The van der Waals surface area contributed by atoms with Crippen LogP contribution in [0.1, 0.15) is 30.1 Å². The molecule has 0 aromatic heterocycles. The number of aliphatic hydroxyl groups excluding tert-OH is 1. The van der Waals surface area contributed by atoms with Gasteiger partial charge in [0.05, 0.1) is 11.1 Å². The lowest BCUT2D eigenvalue weighted by Crippen LogP contribution is -2.03. The van der Waals surface area contributed by atoms with Crippen LogP contribution in [0.15, 0.2) is 42.5 Å². The lowest BCUT2D eigenvalue weighted by Gasteiger charge is -2.14. The molecular weight excluding hydrogens is 279 g/mol. The van der Waals surface area contributed by atoms with Gasteiger partial charge in [-0.3, -0.25) is 0 Å². The van der Waals surface area contributed by atoms with Crippen LogP contribution in [0, 0.1) is 5.82 Å². The number of benzene rings is 2. The molecular formula is C16H14ClFO2. The summed E-state index contributed by atoms with van der Waals surface area (Å²) in [7, 11) is 0. The molecule has 2 aromatic carbocycles. The first kappa shape index (κ1) is 13.4. The molecule has 0 aliphatic heterocycles. The highest BCUT2D eigenvalue weighted by atomic mass is 35.5. The Morgan fingerprint density at radius 1 is 1.15 bits per heavy atom. The van der Waals surface area contributed by atoms with E-state index in [0.717, 1.165) is 18.6 Å². The molecule has 2 nitrogen and oxygen atoms in total. The van der Waals surface area contributed by atoms with Crippen LogP contribution >= 0.6 is 11.6 Å². The molecule has 20 heavy (non-hydrogen) atoms. The monoisotopic (exact) mass is 292 g/mol. The topological polar surface area (TPSA) is 29.5 Å². The van der Waals surface area contributed by atoms with Gasteiger partial charge in [-0.25, -0.2) is 4.39 Å². The summed E-state index contributed by atoms with van der Waals surface area (Å²) in [5, 5.41) is 10.3. The molecule has 1 saturated carbocycles. The maximum absolute atomic E-state index is 13.9. The Hall–Kier alpha value is -1.58. The molecule has 0 heterocycles. The van der Waals surface area contributed by atoms with Crippen LogP contribution in [-0.4, -0.2) is 11.2 Å². The van der Waals surface area contributed by atoms with E-state index < -0.39 is 11.9 Å². The molecule has 0 spiro atoms. The Morgan fingerprint density at radius 2 is 1.85 bits per heavy atom. The Kier molecular flexibility index (Phi) is 3.64. The van der Waals surface area contributed by atoms with E-state index in [1.165, 1.54) is 12.1 Å². The fourth-order valence-corrected chi connectivity index (χ4v) is 2.20. The van der Waals surface area contributed by atoms with Gasteiger partial charge in [-0.15, -0.1) is 0 Å². The Morgan fingerprint density at radius 3 is 2.50 bits per heavy atom. The maximum atomic E-state index is 13.9. The Bertz CT molecular complexity index is 608. The second kappa shape index (κ2) is 5.43. The first-order valence-electron chi connectivity index (χ1n) is 6.54. The number of aliphatic hydroxyl groups is 1. The molecule has 0 radical (unpaired) electrons. The predicted molar refractivity (Wildman–Crippen MR) is 75.6 cm³/mol. The van der Waals surface area contributed by atoms with E-state index in [-0.39, 0.29) is 10.6 Å². The molecule has 1 aliphatic carbocycles. The molecule has 0 bridgehead atoms. The third-order valence-electron chi connectivity index (χ3n) is 3.30. The Labute approximate surface area is 121 Å². The SMILES string of the molecule is OC(c1ccc(OC2CC2)cc1)c1cccc(Cl)c1F. The quantitative estimate of drug-likeness (QED) is 0.919. The van der Waals surface area contributed by atoms with E-state index in [0.29, 0.717) is 11.7 Å². The van der Waals surface area contributed by atoms with Crippen molar-refractivity contribution in [2.24, 2.45) is 0 Å². The minimum atomic E-state index is -1.04. The summed E-state index contributed by atoms with van der Waals surface area (Å²) < 4.78 is 19.5. The van der Waals surface area contributed by atoms with Crippen LogP contribution in [0.4, 0.5) is 4.39 Å². The summed E-state index contributed by atoms with van der Waals surface area (Å²) >= 11 is 5.73. The van der Waals surface area contributed by atoms with Crippen LogP contribution in [0.5, 0.6) is 5.75 Å². The number of rotatable bonds is 4. The number of halogens is 2. The normalized spacial score (nSPS) is 15.9. The zero-order valence-electron chi connectivity index (χ0n) is 10.7.